The summed E-state index contributed by atoms with van der Waals surface area (Å²) in [5.41, 5.74) is 3.30. The van der Waals surface area contributed by atoms with Gasteiger partial charge in [-0.15, -0.1) is 0 Å². The smallest absolute Gasteiger partial charge is 0.171 e. The number of nitrogens with zero attached hydrogens (tertiary/aromatic N) is 2. The Kier molecular flexibility index (Phi) is 5.33. The third kappa shape index (κ3) is 4.56. The van der Waals surface area contributed by atoms with Crippen LogP contribution in [0, 0.1) is 0 Å². The van der Waals surface area contributed by atoms with Gasteiger partial charge in [-0.25, -0.2) is 0 Å². The van der Waals surface area contributed by atoms with Crippen molar-refractivity contribution in [3.63, 3.8) is 0 Å². The van der Waals surface area contributed by atoms with E-state index in [0.29, 0.717) is 17.6 Å². The number of aromatic nitrogens is 2. The van der Waals surface area contributed by atoms with Crippen LogP contribution in [0.1, 0.15) is 37.9 Å². The molecule has 0 amide bonds. The van der Waals surface area contributed by atoms with Crippen LogP contribution in [0.5, 0.6) is 0 Å². The highest BCUT2D eigenvalue weighted by molar-refractivity contribution is 7.80. The van der Waals surface area contributed by atoms with Crippen LogP contribution < -0.4 is 10.6 Å². The quantitative estimate of drug-likeness (QED) is 0.829. The Labute approximate surface area is 131 Å². The van der Waals surface area contributed by atoms with E-state index in [1.54, 1.807) is 0 Å². The van der Waals surface area contributed by atoms with E-state index in [1.165, 1.54) is 5.56 Å². The normalized spacial score (nSPS) is 10.7. The predicted molar refractivity (Wildman–Crippen MR) is 91.5 cm³/mol. The summed E-state index contributed by atoms with van der Waals surface area (Å²) in [6.45, 7) is 7.94. The molecular formula is C16H22N4S. The van der Waals surface area contributed by atoms with Gasteiger partial charge in [0.25, 0.3) is 0 Å². The lowest BCUT2D eigenvalue weighted by Crippen LogP contribution is -2.28. The van der Waals surface area contributed by atoms with Crippen molar-refractivity contribution in [1.29, 1.82) is 0 Å². The zero-order valence-electron chi connectivity index (χ0n) is 12.8. The molecule has 21 heavy (non-hydrogen) atoms. The first-order valence-electron chi connectivity index (χ1n) is 7.25. The van der Waals surface area contributed by atoms with Gasteiger partial charge in [0, 0.05) is 18.4 Å². The maximum absolute atomic E-state index is 5.30. The first-order chi connectivity index (χ1) is 10.1. The zero-order chi connectivity index (χ0) is 15.2. The highest BCUT2D eigenvalue weighted by Crippen LogP contribution is 2.16. The lowest BCUT2D eigenvalue weighted by atomic mass is 10.0. The molecule has 0 spiro atoms. The van der Waals surface area contributed by atoms with Crippen molar-refractivity contribution in [1.82, 2.24) is 15.1 Å². The van der Waals surface area contributed by atoms with Crippen molar-refractivity contribution >= 4 is 23.0 Å². The van der Waals surface area contributed by atoms with Gasteiger partial charge in [0.15, 0.2) is 5.11 Å². The number of anilines is 1. The Morgan fingerprint density at radius 3 is 2.52 bits per heavy atom. The molecule has 2 rings (SSSR count). The topological polar surface area (TPSA) is 41.9 Å². The van der Waals surface area contributed by atoms with Gasteiger partial charge >= 0.3 is 0 Å². The fraction of sp³-hybridized carbons (Fsp3) is 0.375. The van der Waals surface area contributed by atoms with E-state index >= 15 is 0 Å². The summed E-state index contributed by atoms with van der Waals surface area (Å²) < 4.78 is 1.90. The van der Waals surface area contributed by atoms with E-state index in [1.807, 2.05) is 16.9 Å². The third-order valence-electron chi connectivity index (χ3n) is 3.29. The molecule has 4 nitrogen and oxygen atoms in total. The number of nitrogens with one attached hydrogen (secondary N) is 2. The second-order valence-corrected chi connectivity index (χ2v) is 5.66. The summed E-state index contributed by atoms with van der Waals surface area (Å²) >= 11 is 5.30. The molecular weight excluding hydrogens is 280 g/mol. The van der Waals surface area contributed by atoms with Gasteiger partial charge in [-0.05, 0) is 48.8 Å². The van der Waals surface area contributed by atoms with Crippen LogP contribution in [0.4, 0.5) is 5.69 Å². The number of aryl methyl sites for hydroxylation is 1. The minimum atomic E-state index is 0.540. The molecule has 2 N–H and O–H groups in total. The van der Waals surface area contributed by atoms with Gasteiger partial charge in [0.2, 0.25) is 0 Å². The van der Waals surface area contributed by atoms with Gasteiger partial charge in [-0.3, -0.25) is 4.68 Å². The largest absolute Gasteiger partial charge is 0.357 e. The minimum Gasteiger partial charge on any atom is -0.357 e. The molecule has 5 heteroatoms. The first-order valence-corrected chi connectivity index (χ1v) is 7.66. The Hall–Kier alpha value is -1.88. The molecule has 1 aromatic heterocycles. The second-order valence-electron chi connectivity index (χ2n) is 5.25. The highest BCUT2D eigenvalue weighted by atomic mass is 32.1. The van der Waals surface area contributed by atoms with E-state index in [4.69, 9.17) is 12.2 Å². The molecule has 2 aromatic rings. The summed E-state index contributed by atoms with van der Waals surface area (Å²) in [7, 11) is 0. The number of benzene rings is 1. The lowest BCUT2D eigenvalue weighted by molar-refractivity contribution is 0.643. The third-order valence-corrected chi connectivity index (χ3v) is 3.53. The summed E-state index contributed by atoms with van der Waals surface area (Å²) in [6, 6.07) is 10.3. The van der Waals surface area contributed by atoms with Crippen molar-refractivity contribution in [3.8, 4) is 0 Å². The molecule has 1 aromatic carbocycles. The van der Waals surface area contributed by atoms with E-state index < -0.39 is 0 Å². The fourth-order valence-corrected chi connectivity index (χ4v) is 2.16. The van der Waals surface area contributed by atoms with Gasteiger partial charge in [-0.2, -0.15) is 5.10 Å². The molecule has 0 saturated carbocycles. The minimum absolute atomic E-state index is 0.540. The Morgan fingerprint density at radius 2 is 1.95 bits per heavy atom. The van der Waals surface area contributed by atoms with Crippen LogP contribution >= 0.6 is 12.2 Å². The molecule has 0 radical (unpaired) electrons. The standard InChI is InChI=1S/C16H22N4S/c1-4-20-10-9-15(19-20)11-17-16(21)18-14-7-5-13(6-8-14)12(2)3/h5-10,12H,4,11H2,1-3H3,(H2,17,18,21). The van der Waals surface area contributed by atoms with E-state index in [-0.39, 0.29) is 0 Å². The van der Waals surface area contributed by atoms with E-state index in [0.717, 1.165) is 17.9 Å². The molecule has 0 unspecified atom stereocenters. The van der Waals surface area contributed by atoms with Crippen LogP contribution in [0.3, 0.4) is 0 Å². The van der Waals surface area contributed by atoms with Crippen LogP contribution in [0.25, 0.3) is 0 Å². The fourth-order valence-electron chi connectivity index (χ4n) is 1.97. The van der Waals surface area contributed by atoms with Crippen molar-refractivity contribution < 1.29 is 0 Å². The molecule has 0 atom stereocenters. The molecule has 0 saturated heterocycles. The van der Waals surface area contributed by atoms with E-state index in [2.05, 4.69) is 60.8 Å². The maximum Gasteiger partial charge on any atom is 0.171 e. The Balaban J connectivity index is 1.83. The van der Waals surface area contributed by atoms with Crippen molar-refractivity contribution in [2.45, 2.75) is 39.8 Å². The number of hydrogen-bond acceptors (Lipinski definition) is 2. The number of hydrogen-bond donors (Lipinski definition) is 2. The van der Waals surface area contributed by atoms with Gasteiger partial charge in [0.05, 0.1) is 12.2 Å². The van der Waals surface area contributed by atoms with Crippen molar-refractivity contribution in [2.75, 3.05) is 5.32 Å². The molecule has 112 valence electrons. The lowest BCUT2D eigenvalue weighted by Gasteiger charge is -2.11. The van der Waals surface area contributed by atoms with Crippen LogP contribution in [0.15, 0.2) is 36.5 Å². The molecule has 0 bridgehead atoms. The number of rotatable bonds is 5. The monoisotopic (exact) mass is 302 g/mol. The van der Waals surface area contributed by atoms with Crippen molar-refractivity contribution in [3.05, 3.63) is 47.8 Å². The highest BCUT2D eigenvalue weighted by Gasteiger charge is 2.02. The van der Waals surface area contributed by atoms with Gasteiger partial charge in [-0.1, -0.05) is 26.0 Å². The summed E-state index contributed by atoms with van der Waals surface area (Å²) in [4.78, 5) is 0. The van der Waals surface area contributed by atoms with Crippen LogP contribution in [0.2, 0.25) is 0 Å². The summed E-state index contributed by atoms with van der Waals surface area (Å²) in [5, 5.41) is 11.4. The number of thiocarbonyl (C=S) groups is 1. The molecule has 0 aliphatic heterocycles. The van der Waals surface area contributed by atoms with Gasteiger partial charge < -0.3 is 10.6 Å². The summed E-state index contributed by atoms with van der Waals surface area (Å²) in [5.74, 6) is 0.540. The Morgan fingerprint density at radius 1 is 1.24 bits per heavy atom. The molecule has 0 fully saturated rings. The maximum atomic E-state index is 5.30. The molecule has 0 aliphatic carbocycles. The molecule has 0 aliphatic rings. The average Bonchev–Trinajstić information content (AvgIpc) is 2.94. The Bertz CT molecular complexity index is 587. The van der Waals surface area contributed by atoms with E-state index in [9.17, 15) is 0 Å². The van der Waals surface area contributed by atoms with Crippen molar-refractivity contribution in [2.24, 2.45) is 0 Å². The zero-order valence-corrected chi connectivity index (χ0v) is 13.6. The predicted octanol–water partition coefficient (Wildman–Crippen LogP) is 3.51. The second kappa shape index (κ2) is 7.22. The average molecular weight is 302 g/mol. The summed E-state index contributed by atoms with van der Waals surface area (Å²) in [6.07, 6.45) is 1.97. The van der Waals surface area contributed by atoms with Crippen LogP contribution in [-0.4, -0.2) is 14.9 Å². The van der Waals surface area contributed by atoms with Crippen LogP contribution in [-0.2, 0) is 13.1 Å². The molecule has 1 heterocycles. The first kappa shape index (κ1) is 15.5. The SMILES string of the molecule is CCn1ccc(CNC(=S)Nc2ccc(C(C)C)cc2)n1. The van der Waals surface area contributed by atoms with Gasteiger partial charge in [0.1, 0.15) is 0 Å².